The van der Waals surface area contributed by atoms with Crippen molar-refractivity contribution in [3.8, 4) is 0 Å². The molecule has 33 N–H and O–H groups in total. The number of hydrogen-bond donors (Lipinski definition) is 25. The highest BCUT2D eigenvalue weighted by atomic mass is 32.2. The molecule has 0 aromatic rings. The van der Waals surface area contributed by atoms with Crippen molar-refractivity contribution in [3.05, 3.63) is 0 Å². The number of thioether (sulfide) groups is 1. The van der Waals surface area contributed by atoms with Crippen molar-refractivity contribution in [1.82, 2.24) is 74.4 Å². The van der Waals surface area contributed by atoms with Crippen LogP contribution in [0.25, 0.3) is 0 Å². The summed E-state index contributed by atoms with van der Waals surface area (Å²) in [6.07, 6.45) is -0.0970. The molecule has 0 unspecified atom stereocenters. The van der Waals surface area contributed by atoms with Crippen LogP contribution in [0.2, 0.25) is 0 Å². The number of carbonyl (C=O) groups is 18. The topological polar surface area (TPSA) is 769 Å². The van der Waals surface area contributed by atoms with E-state index in [1.54, 1.807) is 40.9 Å². The lowest BCUT2D eigenvalue weighted by Crippen LogP contribution is -2.61. The Labute approximate surface area is 690 Å². The van der Waals surface area contributed by atoms with Gasteiger partial charge in [-0.1, -0.05) is 48.0 Å². The number of hydrogen-bond acceptors (Lipinski definition) is 24. The van der Waals surface area contributed by atoms with E-state index in [-0.39, 0.29) is 101 Å². The summed E-state index contributed by atoms with van der Waals surface area (Å²) in [6.45, 7) is 15.3. The number of unbranched alkanes of at least 4 members (excludes halogenated alkanes) is 2. The number of nitrogens with zero attached hydrogens (tertiary/aromatic N) is 2. The molecule has 16 atom stereocenters. The van der Waals surface area contributed by atoms with Gasteiger partial charge in [0.2, 0.25) is 88.6 Å². The van der Waals surface area contributed by atoms with Gasteiger partial charge in [-0.3, -0.25) is 91.5 Å². The second kappa shape index (κ2) is 57.3. The molecule has 670 valence electrons. The zero-order valence-corrected chi connectivity index (χ0v) is 70.1. The van der Waals surface area contributed by atoms with E-state index in [4.69, 9.17) is 51.0 Å². The Balaban J connectivity index is 7.13. The lowest BCUT2D eigenvalue weighted by molar-refractivity contribution is -0.147. The van der Waals surface area contributed by atoms with Gasteiger partial charge in [-0.25, -0.2) is 4.79 Å². The minimum atomic E-state index is -1.84. The molecule has 0 aromatic heterocycles. The molecule has 0 bridgehead atoms. The smallest absolute Gasteiger partial charge is 0.326 e. The van der Waals surface area contributed by atoms with E-state index in [0.717, 1.165) is 0 Å². The maximum Gasteiger partial charge on any atom is 0.326 e. The molecule has 0 aliphatic heterocycles. The summed E-state index contributed by atoms with van der Waals surface area (Å²) in [4.78, 5) is 251. The summed E-state index contributed by atoms with van der Waals surface area (Å²) in [7, 11) is 0. The van der Waals surface area contributed by atoms with Crippen molar-refractivity contribution in [2.24, 2.45) is 73.6 Å². The number of guanidine groups is 2. The van der Waals surface area contributed by atoms with Gasteiger partial charge >= 0.3 is 17.9 Å². The Morgan fingerprint density at radius 3 is 1.05 bits per heavy atom. The minimum absolute atomic E-state index is 0.0270. The van der Waals surface area contributed by atoms with Crippen LogP contribution in [0.15, 0.2) is 9.98 Å². The predicted molar refractivity (Wildman–Crippen MR) is 435 cm³/mol. The average molecular weight is 1700 g/mol. The number of carboxylic acid groups (broad SMARTS) is 3. The molecule has 0 radical (unpaired) electrons. The predicted octanol–water partition coefficient (Wildman–Crippen LogP) is -7.26. The number of aliphatic imine (C=N–C) groups is 2. The first-order valence-corrected chi connectivity index (χ1v) is 40.6. The maximum absolute atomic E-state index is 14.6. The average Bonchev–Trinajstić information content (AvgIpc) is 0.857. The number of amides is 15. The standard InChI is InChI=1S/C72H130N24O21S/c1-12-37(6)55(69(115)92-47(24-26-52(98)99)63(109)90-46(23-25-51(76)97)64(110)93-49(33-35(2)3)67(113)85-39(8)57(103)83-40(9)58(104)87-48(27-32-118-11)65(111)94-50(70(116)117)34-53(100)101)96-59(105)41(10)84-60(106)44(21-17-30-81-71(77)78)89-62(108)45(22-18-31-82-72(79)80)91-68(114)54(36(4)5)95-66(112)43(20-14-16-29-74)88-61(107)42(19-13-15-28-73)86-56(102)38(7)75/h35-50,54-55H,12-34,73-75H2,1-11H3,(H2,76,97)(H,83,103)(H,84,106)(H,85,113)(H,86,102)(H,87,104)(H,88,107)(H,89,108)(H,90,109)(H,91,114)(H,92,115)(H,93,110)(H,94,111)(H,95,112)(H,96,105)(H,98,99)(H,100,101)(H,116,117)(H4,77,78,81)(H4,79,80,82)/t37-,38-,39-,40-,41-,42-,43-,44-,45-,46-,47-,48-,49-,50-,54-,55-/m0/s1. The van der Waals surface area contributed by atoms with E-state index in [2.05, 4.69) is 84.4 Å². The summed E-state index contributed by atoms with van der Waals surface area (Å²) < 4.78 is 0. The Bertz CT molecular complexity index is 3420. The molecule has 118 heavy (non-hydrogen) atoms. The molecule has 0 aliphatic rings. The first-order chi connectivity index (χ1) is 55.2. The van der Waals surface area contributed by atoms with Crippen molar-refractivity contribution in [3.63, 3.8) is 0 Å². The third-order valence-electron chi connectivity index (χ3n) is 18.2. The highest BCUT2D eigenvalue weighted by Crippen LogP contribution is 2.16. The number of rotatable bonds is 61. The summed E-state index contributed by atoms with van der Waals surface area (Å²) >= 11 is 1.27. The van der Waals surface area contributed by atoms with Gasteiger partial charge in [-0.05, 0) is 160 Å². The van der Waals surface area contributed by atoms with Crippen molar-refractivity contribution in [2.45, 2.75) is 275 Å². The van der Waals surface area contributed by atoms with E-state index in [1.165, 1.54) is 46.4 Å². The van der Waals surface area contributed by atoms with Crippen molar-refractivity contribution in [1.29, 1.82) is 0 Å². The van der Waals surface area contributed by atoms with Crippen LogP contribution in [0.5, 0.6) is 0 Å². The molecule has 0 heterocycles. The van der Waals surface area contributed by atoms with Crippen LogP contribution in [0.3, 0.4) is 0 Å². The van der Waals surface area contributed by atoms with Gasteiger partial charge in [0.05, 0.1) is 12.5 Å². The SMILES string of the molecule is CC[C@H](C)[C@H](NC(=O)[C@H](C)NC(=O)[C@H](CCCN=C(N)N)NC(=O)[C@H](CCCN=C(N)N)NC(=O)[C@@H](NC(=O)[C@H](CCCCN)NC(=O)[C@H](CCCCN)NC(=O)[C@H](C)N)C(C)C)C(=O)N[C@@H](CCC(=O)O)C(=O)N[C@@H](CCC(N)=O)C(=O)N[C@@H](CC(C)C)C(=O)N[C@@H](C)C(=O)N[C@@H](C)C(=O)N[C@@H](CCSC)C(=O)N[C@@H](CC(=O)O)C(=O)O. The largest absolute Gasteiger partial charge is 0.481 e. The van der Waals surface area contributed by atoms with Gasteiger partial charge in [0, 0.05) is 25.9 Å². The fourth-order valence-corrected chi connectivity index (χ4v) is 11.6. The van der Waals surface area contributed by atoms with Crippen LogP contribution < -0.4 is 120 Å². The number of carbonyl (C=O) groups excluding carboxylic acids is 15. The highest BCUT2D eigenvalue weighted by molar-refractivity contribution is 7.98. The zero-order chi connectivity index (χ0) is 90.2. The third kappa shape index (κ3) is 44.0. The highest BCUT2D eigenvalue weighted by Gasteiger charge is 2.39. The van der Waals surface area contributed by atoms with Gasteiger partial charge in [0.25, 0.3) is 0 Å². The third-order valence-corrected chi connectivity index (χ3v) is 18.8. The van der Waals surface area contributed by atoms with Gasteiger partial charge < -0.3 is 136 Å². The Morgan fingerprint density at radius 2 is 0.678 bits per heavy atom. The summed E-state index contributed by atoms with van der Waals surface area (Å²) in [5.74, 6) is -20.8. The van der Waals surface area contributed by atoms with Gasteiger partial charge in [-0.2, -0.15) is 11.8 Å². The molecule has 0 saturated heterocycles. The molecular weight excluding hydrogens is 1570 g/mol. The normalized spacial score (nSPS) is 15.2. The van der Waals surface area contributed by atoms with E-state index in [9.17, 15) is 96.5 Å². The lowest BCUT2D eigenvalue weighted by atomic mass is 9.97. The second-order valence-electron chi connectivity index (χ2n) is 29.4. The maximum atomic E-state index is 14.6. The van der Waals surface area contributed by atoms with Crippen molar-refractivity contribution in [2.75, 3.05) is 38.2 Å². The van der Waals surface area contributed by atoms with Gasteiger partial charge in [-0.15, -0.1) is 0 Å². The summed E-state index contributed by atoms with van der Waals surface area (Å²) in [5, 5.41) is 63.3. The summed E-state index contributed by atoms with van der Waals surface area (Å²) in [5.41, 5.74) is 45.0. The van der Waals surface area contributed by atoms with E-state index in [0.29, 0.717) is 32.2 Å². The van der Waals surface area contributed by atoms with Crippen LogP contribution in [-0.4, -0.2) is 263 Å². The first kappa shape index (κ1) is 107. The van der Waals surface area contributed by atoms with Crippen LogP contribution in [0.1, 0.15) is 185 Å². The number of aliphatic carboxylic acids is 3. The van der Waals surface area contributed by atoms with Crippen molar-refractivity contribution >= 4 is 130 Å². The van der Waals surface area contributed by atoms with Gasteiger partial charge in [0.15, 0.2) is 11.9 Å². The number of carboxylic acids is 3. The molecular formula is C72H130N24O21S. The first-order valence-electron chi connectivity index (χ1n) is 39.2. The van der Waals surface area contributed by atoms with E-state index >= 15 is 0 Å². The molecule has 0 saturated carbocycles. The van der Waals surface area contributed by atoms with Gasteiger partial charge in [0.1, 0.15) is 84.6 Å². The molecule has 0 aliphatic carbocycles. The van der Waals surface area contributed by atoms with E-state index in [1.807, 2.05) is 0 Å². The van der Waals surface area contributed by atoms with Crippen LogP contribution in [0.4, 0.5) is 0 Å². The molecule has 0 rings (SSSR count). The molecule has 46 heteroatoms. The molecule has 45 nitrogen and oxygen atoms in total. The van der Waals surface area contributed by atoms with Crippen LogP contribution >= 0.6 is 11.8 Å². The van der Waals surface area contributed by atoms with Crippen LogP contribution in [0, 0.1) is 17.8 Å². The number of nitrogens with two attached hydrogens (primary N) is 8. The fraction of sp³-hybridized carbons (Fsp3) is 0.722. The Kier molecular flexibility index (Phi) is 52.1. The summed E-state index contributed by atoms with van der Waals surface area (Å²) in [6, 6.07) is -21.9. The lowest BCUT2D eigenvalue weighted by Gasteiger charge is -2.29. The molecule has 0 aromatic carbocycles. The fourth-order valence-electron chi connectivity index (χ4n) is 11.2. The van der Waals surface area contributed by atoms with E-state index < -0.39 is 241 Å². The second-order valence-corrected chi connectivity index (χ2v) is 30.4. The number of nitrogens with one attached hydrogen (secondary N) is 14. The minimum Gasteiger partial charge on any atom is -0.481 e. The molecule has 0 fully saturated rings. The van der Waals surface area contributed by atoms with Crippen LogP contribution in [-0.2, 0) is 86.3 Å². The van der Waals surface area contributed by atoms with Crippen molar-refractivity contribution < 1.29 is 102 Å². The molecule has 0 spiro atoms. The zero-order valence-electron chi connectivity index (χ0n) is 69.3. The molecule has 15 amide bonds. The number of primary amides is 1. The Morgan fingerprint density at radius 1 is 0.356 bits per heavy atom. The quantitative estimate of drug-likeness (QED) is 0.0153. The Hall–Kier alpha value is -10.8. The monoisotopic (exact) mass is 1700 g/mol.